The third kappa shape index (κ3) is 3.87. The van der Waals surface area contributed by atoms with E-state index in [1.54, 1.807) is 18.5 Å². The van der Waals surface area contributed by atoms with Crippen molar-refractivity contribution in [2.24, 2.45) is 0 Å². The van der Waals surface area contributed by atoms with Gasteiger partial charge in [-0.3, -0.25) is 9.78 Å². The van der Waals surface area contributed by atoms with E-state index in [-0.39, 0.29) is 5.91 Å². The lowest BCUT2D eigenvalue weighted by Gasteiger charge is -2.07. The van der Waals surface area contributed by atoms with Crippen molar-refractivity contribution in [3.63, 3.8) is 0 Å². The summed E-state index contributed by atoms with van der Waals surface area (Å²) in [5.74, 6) is 0.907. The summed E-state index contributed by atoms with van der Waals surface area (Å²) in [5, 5.41) is 2.90. The van der Waals surface area contributed by atoms with Crippen molar-refractivity contribution >= 4 is 23.0 Å². The van der Waals surface area contributed by atoms with Gasteiger partial charge in [0.1, 0.15) is 5.82 Å². The number of nitrogens with zero attached hydrogens (tertiary/aromatic N) is 3. The number of carbonyl (C=O) groups is 1. The first-order valence-electron chi connectivity index (χ1n) is 8.02. The number of fused-ring (bicyclic) bond motifs is 1. The van der Waals surface area contributed by atoms with Crippen molar-refractivity contribution in [2.75, 3.05) is 6.54 Å². The summed E-state index contributed by atoms with van der Waals surface area (Å²) in [6.45, 7) is 3.47. The Bertz CT molecular complexity index is 852. The Labute approximate surface area is 141 Å². The molecule has 3 aromatic rings. The van der Waals surface area contributed by atoms with Crippen molar-refractivity contribution < 1.29 is 4.79 Å². The van der Waals surface area contributed by atoms with Crippen LogP contribution < -0.4 is 5.32 Å². The number of pyridine rings is 1. The van der Waals surface area contributed by atoms with Crippen LogP contribution in [0.3, 0.4) is 0 Å². The van der Waals surface area contributed by atoms with Gasteiger partial charge in [-0.25, -0.2) is 4.98 Å². The number of aromatic nitrogens is 3. The average Bonchev–Trinajstić information content (AvgIpc) is 2.93. The van der Waals surface area contributed by atoms with E-state index in [0.717, 1.165) is 35.4 Å². The first-order valence-corrected chi connectivity index (χ1v) is 8.02. The Morgan fingerprint density at radius 2 is 2.12 bits per heavy atom. The van der Waals surface area contributed by atoms with Gasteiger partial charge in [-0.2, -0.15) is 0 Å². The van der Waals surface area contributed by atoms with Crippen LogP contribution in [0.25, 0.3) is 17.1 Å². The molecule has 0 fully saturated rings. The first kappa shape index (κ1) is 15.9. The summed E-state index contributed by atoms with van der Waals surface area (Å²) >= 11 is 0. The summed E-state index contributed by atoms with van der Waals surface area (Å²) in [7, 11) is 0. The molecule has 2 aromatic heterocycles. The highest BCUT2D eigenvalue weighted by molar-refractivity contribution is 5.91. The van der Waals surface area contributed by atoms with Crippen molar-refractivity contribution in [3.05, 3.63) is 66.3 Å². The number of imidazole rings is 1. The zero-order chi connectivity index (χ0) is 16.8. The molecule has 122 valence electrons. The number of carbonyl (C=O) groups excluding carboxylic acids is 1. The molecule has 0 aliphatic heterocycles. The molecular weight excluding hydrogens is 300 g/mol. The molecule has 5 nitrogen and oxygen atoms in total. The molecule has 0 unspecified atom stereocenters. The SMILES string of the molecule is Cc1nc2ccccc2n1CCCNC(=O)/C=C/c1cccnc1. The molecule has 5 heteroatoms. The highest BCUT2D eigenvalue weighted by Crippen LogP contribution is 2.15. The lowest BCUT2D eigenvalue weighted by Crippen LogP contribution is -2.23. The predicted octanol–water partition coefficient (Wildman–Crippen LogP) is 2.96. The molecule has 2 heterocycles. The van der Waals surface area contributed by atoms with Crippen LogP contribution >= 0.6 is 0 Å². The molecule has 3 rings (SSSR count). The third-order valence-corrected chi connectivity index (χ3v) is 3.81. The molecule has 0 bridgehead atoms. The Hall–Kier alpha value is -2.95. The molecule has 0 radical (unpaired) electrons. The zero-order valence-corrected chi connectivity index (χ0v) is 13.6. The number of hydrogen-bond acceptors (Lipinski definition) is 3. The van der Waals surface area contributed by atoms with E-state index in [4.69, 9.17) is 0 Å². The molecule has 0 spiro atoms. The van der Waals surface area contributed by atoms with E-state index in [2.05, 4.69) is 25.9 Å². The number of benzene rings is 1. The number of nitrogens with one attached hydrogen (secondary N) is 1. The Morgan fingerprint density at radius 3 is 2.96 bits per heavy atom. The molecule has 1 N–H and O–H groups in total. The Balaban J connectivity index is 1.49. The minimum absolute atomic E-state index is 0.0916. The maximum absolute atomic E-state index is 11.8. The van der Waals surface area contributed by atoms with Crippen molar-refractivity contribution in [2.45, 2.75) is 19.9 Å². The van der Waals surface area contributed by atoms with E-state index in [9.17, 15) is 4.79 Å². The van der Waals surface area contributed by atoms with Crippen molar-refractivity contribution in [1.29, 1.82) is 0 Å². The van der Waals surface area contributed by atoms with Crippen LogP contribution in [0, 0.1) is 6.92 Å². The van der Waals surface area contributed by atoms with E-state index in [0.29, 0.717) is 6.54 Å². The minimum atomic E-state index is -0.0916. The Morgan fingerprint density at radius 1 is 1.25 bits per heavy atom. The quantitative estimate of drug-likeness (QED) is 0.561. The number of rotatable bonds is 6. The lowest BCUT2D eigenvalue weighted by atomic mass is 10.2. The van der Waals surface area contributed by atoms with Crippen LogP contribution in [0.2, 0.25) is 0 Å². The maximum Gasteiger partial charge on any atom is 0.244 e. The second-order valence-electron chi connectivity index (χ2n) is 5.56. The van der Waals surface area contributed by atoms with Crippen molar-refractivity contribution in [3.8, 4) is 0 Å². The van der Waals surface area contributed by atoms with Gasteiger partial charge in [-0.1, -0.05) is 18.2 Å². The van der Waals surface area contributed by atoms with Crippen LogP contribution in [0.15, 0.2) is 54.9 Å². The molecule has 0 atom stereocenters. The van der Waals surface area contributed by atoms with Gasteiger partial charge >= 0.3 is 0 Å². The molecule has 0 aliphatic rings. The summed E-state index contributed by atoms with van der Waals surface area (Å²) < 4.78 is 2.19. The van der Waals surface area contributed by atoms with Gasteiger partial charge in [-0.15, -0.1) is 0 Å². The number of amides is 1. The predicted molar refractivity (Wildman–Crippen MR) is 95.4 cm³/mol. The molecule has 0 saturated carbocycles. The standard InChI is InChI=1S/C19H20N4O/c1-15-22-17-7-2-3-8-18(17)23(15)13-5-12-21-19(24)10-9-16-6-4-11-20-14-16/h2-4,6-11,14H,5,12-13H2,1H3,(H,21,24)/b10-9+. The topological polar surface area (TPSA) is 59.8 Å². The van der Waals surface area contributed by atoms with Gasteiger partial charge in [0.2, 0.25) is 5.91 Å². The monoisotopic (exact) mass is 320 g/mol. The van der Waals surface area contributed by atoms with Gasteiger partial charge in [-0.05, 0) is 43.2 Å². The molecule has 0 aliphatic carbocycles. The van der Waals surface area contributed by atoms with Crippen LogP contribution in [-0.2, 0) is 11.3 Å². The van der Waals surface area contributed by atoms with E-state index >= 15 is 0 Å². The lowest BCUT2D eigenvalue weighted by molar-refractivity contribution is -0.116. The van der Waals surface area contributed by atoms with E-state index in [1.807, 2.05) is 37.3 Å². The number of aryl methyl sites for hydroxylation is 2. The average molecular weight is 320 g/mol. The molecule has 0 saturated heterocycles. The number of hydrogen-bond donors (Lipinski definition) is 1. The van der Waals surface area contributed by atoms with E-state index in [1.165, 1.54) is 6.08 Å². The first-order chi connectivity index (χ1) is 11.7. The van der Waals surface area contributed by atoms with Gasteiger partial charge < -0.3 is 9.88 Å². The highest BCUT2D eigenvalue weighted by atomic mass is 16.1. The summed E-state index contributed by atoms with van der Waals surface area (Å²) in [5.41, 5.74) is 3.06. The number of para-hydroxylation sites is 2. The van der Waals surface area contributed by atoms with Gasteiger partial charge in [0.15, 0.2) is 0 Å². The fourth-order valence-electron chi connectivity index (χ4n) is 2.63. The molecule has 24 heavy (non-hydrogen) atoms. The van der Waals surface area contributed by atoms with Crippen LogP contribution in [0.5, 0.6) is 0 Å². The van der Waals surface area contributed by atoms with Gasteiger partial charge in [0.25, 0.3) is 0 Å². The summed E-state index contributed by atoms with van der Waals surface area (Å²) in [6, 6.07) is 11.9. The molecule has 1 aromatic carbocycles. The largest absolute Gasteiger partial charge is 0.352 e. The van der Waals surface area contributed by atoms with Gasteiger partial charge in [0, 0.05) is 31.6 Å². The smallest absolute Gasteiger partial charge is 0.244 e. The van der Waals surface area contributed by atoms with Crippen LogP contribution in [0.4, 0.5) is 0 Å². The second kappa shape index (κ2) is 7.55. The molecule has 1 amide bonds. The fraction of sp³-hybridized carbons (Fsp3) is 0.211. The van der Waals surface area contributed by atoms with Crippen LogP contribution in [-0.4, -0.2) is 27.0 Å². The Kier molecular flexibility index (Phi) is 5.01. The normalized spacial score (nSPS) is 11.2. The highest BCUT2D eigenvalue weighted by Gasteiger charge is 2.05. The minimum Gasteiger partial charge on any atom is -0.352 e. The van der Waals surface area contributed by atoms with Crippen LogP contribution in [0.1, 0.15) is 17.8 Å². The summed E-state index contributed by atoms with van der Waals surface area (Å²) in [4.78, 5) is 20.4. The van der Waals surface area contributed by atoms with Crippen molar-refractivity contribution in [1.82, 2.24) is 19.9 Å². The maximum atomic E-state index is 11.8. The van der Waals surface area contributed by atoms with E-state index < -0.39 is 0 Å². The zero-order valence-electron chi connectivity index (χ0n) is 13.6. The fourth-order valence-corrected chi connectivity index (χ4v) is 2.63. The third-order valence-electron chi connectivity index (χ3n) is 3.81. The van der Waals surface area contributed by atoms with Gasteiger partial charge in [0.05, 0.1) is 11.0 Å². The summed E-state index contributed by atoms with van der Waals surface area (Å²) in [6.07, 6.45) is 7.58. The second-order valence-corrected chi connectivity index (χ2v) is 5.56. The molecular formula is C19H20N4O.